The molecule has 0 unspecified atom stereocenters. The molecule has 0 amide bonds. The Balaban J connectivity index is 1.59. The van der Waals surface area contributed by atoms with Crippen LogP contribution in [0.1, 0.15) is 28.3 Å². The lowest BCUT2D eigenvalue weighted by Crippen LogP contribution is -2.30. The van der Waals surface area contributed by atoms with Gasteiger partial charge in [-0.1, -0.05) is 15.9 Å². The summed E-state index contributed by atoms with van der Waals surface area (Å²) in [4.78, 5) is 16.3. The van der Waals surface area contributed by atoms with Crippen LogP contribution in [0, 0.1) is 0 Å². The van der Waals surface area contributed by atoms with E-state index in [0.717, 1.165) is 60.9 Å². The SMILES string of the molecule is COC(=O)c1ccc(CN2CCCN(Cc3cc(OC)c(OC)cc3Br)CC2)o1. The minimum Gasteiger partial charge on any atom is -0.493 e. The molecule has 8 heteroatoms. The van der Waals surface area contributed by atoms with Crippen molar-refractivity contribution in [2.45, 2.75) is 19.5 Å². The maximum Gasteiger partial charge on any atom is 0.373 e. The minimum absolute atomic E-state index is 0.247. The van der Waals surface area contributed by atoms with Crippen LogP contribution >= 0.6 is 15.9 Å². The smallest absolute Gasteiger partial charge is 0.373 e. The van der Waals surface area contributed by atoms with E-state index < -0.39 is 5.97 Å². The van der Waals surface area contributed by atoms with Crippen LogP contribution in [0.2, 0.25) is 0 Å². The fourth-order valence-electron chi connectivity index (χ4n) is 3.49. The van der Waals surface area contributed by atoms with Gasteiger partial charge in [0.05, 0.1) is 27.9 Å². The van der Waals surface area contributed by atoms with Crippen molar-refractivity contribution in [1.29, 1.82) is 0 Å². The number of nitrogens with zero attached hydrogens (tertiary/aromatic N) is 2. The van der Waals surface area contributed by atoms with Crippen molar-refractivity contribution in [3.8, 4) is 11.5 Å². The second-order valence-electron chi connectivity index (χ2n) is 6.96. The standard InChI is InChI=1S/C21H27BrN2O5/c1-26-19-11-15(17(22)12-20(19)27-2)13-23-7-4-8-24(10-9-23)14-16-5-6-18(29-16)21(25)28-3/h5-6,11-12H,4,7-10,13-14H2,1-3H3. The second kappa shape index (κ2) is 10.1. The lowest BCUT2D eigenvalue weighted by atomic mass is 10.2. The number of furan rings is 1. The zero-order chi connectivity index (χ0) is 20.8. The maximum atomic E-state index is 11.5. The third kappa shape index (κ3) is 5.52. The van der Waals surface area contributed by atoms with Crippen LogP contribution in [0.4, 0.5) is 0 Å². The first-order valence-electron chi connectivity index (χ1n) is 9.56. The third-order valence-corrected chi connectivity index (χ3v) is 5.79. The normalized spacial score (nSPS) is 15.7. The van der Waals surface area contributed by atoms with Gasteiger partial charge < -0.3 is 18.6 Å². The molecule has 0 radical (unpaired) electrons. The second-order valence-corrected chi connectivity index (χ2v) is 7.82. The van der Waals surface area contributed by atoms with Crippen LogP contribution in [0.3, 0.4) is 0 Å². The van der Waals surface area contributed by atoms with Gasteiger partial charge in [0.2, 0.25) is 5.76 Å². The summed E-state index contributed by atoms with van der Waals surface area (Å²) < 4.78 is 22.1. The fraction of sp³-hybridized carbons (Fsp3) is 0.476. The van der Waals surface area contributed by atoms with E-state index in [4.69, 9.17) is 18.6 Å². The highest BCUT2D eigenvalue weighted by molar-refractivity contribution is 9.10. The quantitative estimate of drug-likeness (QED) is 0.577. The van der Waals surface area contributed by atoms with Crippen LogP contribution < -0.4 is 9.47 Å². The number of benzene rings is 1. The Labute approximate surface area is 179 Å². The van der Waals surface area contributed by atoms with Crippen LogP contribution in [0.5, 0.6) is 11.5 Å². The number of hydrogen-bond acceptors (Lipinski definition) is 7. The summed E-state index contributed by atoms with van der Waals surface area (Å²) in [5.74, 6) is 2.04. The lowest BCUT2D eigenvalue weighted by Gasteiger charge is -2.22. The van der Waals surface area contributed by atoms with Crippen LogP contribution in [-0.2, 0) is 17.8 Å². The van der Waals surface area contributed by atoms with Crippen molar-refractivity contribution >= 4 is 21.9 Å². The Bertz CT molecular complexity index is 838. The fourth-order valence-corrected chi connectivity index (χ4v) is 3.94. The summed E-state index contributed by atoms with van der Waals surface area (Å²) in [6, 6.07) is 7.49. The van der Waals surface area contributed by atoms with Gasteiger partial charge in [0.25, 0.3) is 0 Å². The van der Waals surface area contributed by atoms with E-state index in [1.165, 1.54) is 12.7 Å². The van der Waals surface area contributed by atoms with E-state index in [2.05, 4.69) is 25.7 Å². The van der Waals surface area contributed by atoms with E-state index in [0.29, 0.717) is 6.54 Å². The molecule has 3 rings (SSSR count). The molecule has 29 heavy (non-hydrogen) atoms. The highest BCUT2D eigenvalue weighted by Crippen LogP contribution is 2.34. The van der Waals surface area contributed by atoms with Crippen LogP contribution in [0.25, 0.3) is 0 Å². The van der Waals surface area contributed by atoms with Crippen molar-refractivity contribution in [3.63, 3.8) is 0 Å². The number of halogens is 1. The molecule has 0 bridgehead atoms. The Hall–Kier alpha value is -2.03. The number of methoxy groups -OCH3 is 3. The molecule has 1 aromatic heterocycles. The molecule has 1 saturated heterocycles. The van der Waals surface area contributed by atoms with Gasteiger partial charge >= 0.3 is 5.97 Å². The average molecular weight is 467 g/mol. The molecule has 2 heterocycles. The van der Waals surface area contributed by atoms with Crippen LogP contribution in [0.15, 0.2) is 33.2 Å². The first kappa shape index (κ1) is 21.7. The van der Waals surface area contributed by atoms with Gasteiger partial charge in [0.15, 0.2) is 11.5 Å². The van der Waals surface area contributed by atoms with Gasteiger partial charge in [-0.3, -0.25) is 9.80 Å². The summed E-state index contributed by atoms with van der Waals surface area (Å²) in [5, 5.41) is 0. The summed E-state index contributed by atoms with van der Waals surface area (Å²) in [6.07, 6.45) is 1.06. The Morgan fingerprint density at radius 2 is 1.66 bits per heavy atom. The van der Waals surface area contributed by atoms with Crippen molar-refractivity contribution < 1.29 is 23.4 Å². The largest absolute Gasteiger partial charge is 0.493 e. The topological polar surface area (TPSA) is 64.4 Å². The highest BCUT2D eigenvalue weighted by atomic mass is 79.9. The van der Waals surface area contributed by atoms with E-state index in [-0.39, 0.29) is 5.76 Å². The number of esters is 1. The van der Waals surface area contributed by atoms with Crippen LogP contribution in [-0.4, -0.2) is 63.3 Å². The summed E-state index contributed by atoms with van der Waals surface area (Å²) in [6.45, 7) is 5.40. The molecule has 1 fully saturated rings. The van der Waals surface area contributed by atoms with Crippen molar-refractivity contribution in [2.24, 2.45) is 0 Å². The molecule has 158 valence electrons. The predicted octanol–water partition coefficient (Wildman–Crippen LogP) is 3.55. The van der Waals surface area contributed by atoms with Crippen molar-refractivity contribution in [2.75, 3.05) is 47.5 Å². The molecule has 0 atom stereocenters. The maximum absolute atomic E-state index is 11.5. The molecule has 2 aromatic rings. The zero-order valence-corrected chi connectivity index (χ0v) is 18.7. The molecular formula is C21H27BrN2O5. The molecular weight excluding hydrogens is 440 g/mol. The minimum atomic E-state index is -0.446. The summed E-state index contributed by atoms with van der Waals surface area (Å²) in [7, 11) is 4.64. The van der Waals surface area contributed by atoms with E-state index in [9.17, 15) is 4.79 Å². The van der Waals surface area contributed by atoms with E-state index >= 15 is 0 Å². The lowest BCUT2D eigenvalue weighted by molar-refractivity contribution is 0.0561. The van der Waals surface area contributed by atoms with E-state index in [1.807, 2.05) is 18.2 Å². The van der Waals surface area contributed by atoms with E-state index in [1.54, 1.807) is 20.3 Å². The zero-order valence-electron chi connectivity index (χ0n) is 17.1. The molecule has 1 aliphatic heterocycles. The Morgan fingerprint density at radius 3 is 2.31 bits per heavy atom. The number of carbonyl (C=O) groups excluding carboxylic acids is 1. The molecule has 1 aliphatic rings. The van der Waals surface area contributed by atoms with Gasteiger partial charge in [-0.25, -0.2) is 4.79 Å². The highest BCUT2D eigenvalue weighted by Gasteiger charge is 2.19. The Morgan fingerprint density at radius 1 is 1.00 bits per heavy atom. The third-order valence-electron chi connectivity index (χ3n) is 5.06. The Kier molecular flexibility index (Phi) is 7.57. The molecule has 0 spiro atoms. The van der Waals surface area contributed by atoms with Gasteiger partial charge in [0, 0.05) is 24.1 Å². The van der Waals surface area contributed by atoms with Crippen molar-refractivity contribution in [3.05, 3.63) is 45.8 Å². The molecule has 0 N–H and O–H groups in total. The molecule has 1 aromatic carbocycles. The summed E-state index contributed by atoms with van der Waals surface area (Å²) in [5.41, 5.74) is 1.17. The number of ether oxygens (including phenoxy) is 3. The average Bonchev–Trinajstić information content (AvgIpc) is 3.09. The van der Waals surface area contributed by atoms with Gasteiger partial charge in [-0.05, 0) is 49.3 Å². The van der Waals surface area contributed by atoms with Gasteiger partial charge in [-0.2, -0.15) is 0 Å². The molecule has 7 nitrogen and oxygen atoms in total. The first-order valence-corrected chi connectivity index (χ1v) is 10.4. The summed E-state index contributed by atoms with van der Waals surface area (Å²) >= 11 is 3.65. The number of carbonyl (C=O) groups is 1. The number of rotatable bonds is 7. The molecule has 0 aliphatic carbocycles. The van der Waals surface area contributed by atoms with Gasteiger partial charge in [-0.15, -0.1) is 0 Å². The number of hydrogen-bond donors (Lipinski definition) is 0. The molecule has 0 saturated carbocycles. The van der Waals surface area contributed by atoms with Gasteiger partial charge in [0.1, 0.15) is 5.76 Å². The van der Waals surface area contributed by atoms with Crippen molar-refractivity contribution in [1.82, 2.24) is 9.80 Å². The monoisotopic (exact) mass is 466 g/mol. The predicted molar refractivity (Wildman–Crippen MR) is 112 cm³/mol. The first-order chi connectivity index (χ1) is 14.0.